The lowest BCUT2D eigenvalue weighted by Crippen LogP contribution is -2.58. The Hall–Kier alpha value is -2.08. The molecule has 1 aliphatic rings. The zero-order valence-corrected chi connectivity index (χ0v) is 10.8. The molecule has 0 saturated carbocycles. The molecule has 2 rings (SSSR count). The Labute approximate surface area is 111 Å². The zero-order valence-electron chi connectivity index (χ0n) is 10.8. The number of nitrogens with two attached hydrogens (primary N) is 1. The summed E-state index contributed by atoms with van der Waals surface area (Å²) in [4.78, 5) is 25.4. The summed E-state index contributed by atoms with van der Waals surface area (Å²) < 4.78 is 5.17. The number of benzene rings is 1. The smallest absolute Gasteiger partial charge is 0.258 e. The fourth-order valence-corrected chi connectivity index (χ4v) is 2.18. The monoisotopic (exact) mass is 263 g/mol. The largest absolute Gasteiger partial charge is 0.496 e. The van der Waals surface area contributed by atoms with Gasteiger partial charge in [0.1, 0.15) is 11.8 Å². The van der Waals surface area contributed by atoms with Gasteiger partial charge in [-0.05, 0) is 12.1 Å². The van der Waals surface area contributed by atoms with E-state index in [4.69, 9.17) is 10.5 Å². The number of carbonyl (C=O) groups is 2. The van der Waals surface area contributed by atoms with Gasteiger partial charge in [0.15, 0.2) is 0 Å². The number of carbonyl (C=O) groups excluding carboxylic acids is 2. The van der Waals surface area contributed by atoms with E-state index in [-0.39, 0.29) is 5.91 Å². The first-order valence-electron chi connectivity index (χ1n) is 6.09. The number of nitrogens with one attached hydrogen (secondary N) is 1. The molecule has 6 heteroatoms. The van der Waals surface area contributed by atoms with Crippen molar-refractivity contribution in [2.24, 2.45) is 5.73 Å². The van der Waals surface area contributed by atoms with Crippen molar-refractivity contribution in [1.82, 2.24) is 10.2 Å². The molecule has 0 spiro atoms. The number of amides is 2. The second-order valence-corrected chi connectivity index (χ2v) is 4.32. The first kappa shape index (κ1) is 13.4. The van der Waals surface area contributed by atoms with Gasteiger partial charge in [0.05, 0.1) is 12.7 Å². The van der Waals surface area contributed by atoms with Crippen molar-refractivity contribution < 1.29 is 14.3 Å². The third-order valence-electron chi connectivity index (χ3n) is 3.17. The molecule has 19 heavy (non-hydrogen) atoms. The van der Waals surface area contributed by atoms with Crippen LogP contribution >= 0.6 is 0 Å². The van der Waals surface area contributed by atoms with Crippen LogP contribution in [0.3, 0.4) is 0 Å². The van der Waals surface area contributed by atoms with E-state index in [0.717, 1.165) is 0 Å². The van der Waals surface area contributed by atoms with Gasteiger partial charge in [0.25, 0.3) is 5.91 Å². The fourth-order valence-electron chi connectivity index (χ4n) is 2.18. The Morgan fingerprint density at radius 3 is 2.84 bits per heavy atom. The first-order chi connectivity index (χ1) is 9.15. The quantitative estimate of drug-likeness (QED) is 0.776. The SMILES string of the molecule is COc1ccccc1C(=O)N1CCNC[C@@H]1C(N)=O. The molecule has 3 N–H and O–H groups in total. The number of primary amides is 1. The second kappa shape index (κ2) is 5.71. The zero-order chi connectivity index (χ0) is 13.8. The minimum atomic E-state index is -0.619. The van der Waals surface area contributed by atoms with Crippen molar-refractivity contribution in [3.05, 3.63) is 29.8 Å². The number of methoxy groups -OCH3 is 1. The van der Waals surface area contributed by atoms with E-state index >= 15 is 0 Å². The Balaban J connectivity index is 2.29. The van der Waals surface area contributed by atoms with Crippen LogP contribution in [0.5, 0.6) is 5.75 Å². The Bertz CT molecular complexity index is 490. The van der Waals surface area contributed by atoms with Crippen LogP contribution in [0.25, 0.3) is 0 Å². The van der Waals surface area contributed by atoms with Crippen molar-refractivity contribution in [2.45, 2.75) is 6.04 Å². The lowest BCUT2D eigenvalue weighted by atomic mass is 10.1. The Morgan fingerprint density at radius 1 is 1.42 bits per heavy atom. The molecular weight excluding hydrogens is 246 g/mol. The molecule has 0 unspecified atom stereocenters. The van der Waals surface area contributed by atoms with Crippen LogP contribution in [-0.2, 0) is 4.79 Å². The Morgan fingerprint density at radius 2 is 2.16 bits per heavy atom. The molecule has 1 aliphatic heterocycles. The number of para-hydroxylation sites is 1. The number of hydrogen-bond donors (Lipinski definition) is 2. The standard InChI is InChI=1S/C13H17N3O3/c1-19-11-5-3-2-4-9(11)13(18)16-7-6-15-8-10(16)12(14)17/h2-5,10,15H,6-8H2,1H3,(H2,14,17)/t10-/m1/s1. The maximum Gasteiger partial charge on any atom is 0.258 e. The van der Waals surface area contributed by atoms with Gasteiger partial charge in [-0.15, -0.1) is 0 Å². The van der Waals surface area contributed by atoms with Gasteiger partial charge in [-0.1, -0.05) is 12.1 Å². The van der Waals surface area contributed by atoms with Crippen molar-refractivity contribution in [1.29, 1.82) is 0 Å². The van der Waals surface area contributed by atoms with Gasteiger partial charge < -0.3 is 20.7 Å². The molecule has 1 aromatic rings. The number of ether oxygens (including phenoxy) is 1. The second-order valence-electron chi connectivity index (χ2n) is 4.32. The summed E-state index contributed by atoms with van der Waals surface area (Å²) >= 11 is 0. The van der Waals surface area contributed by atoms with E-state index in [1.807, 2.05) is 0 Å². The van der Waals surface area contributed by atoms with E-state index in [1.54, 1.807) is 24.3 Å². The molecule has 1 heterocycles. The van der Waals surface area contributed by atoms with Crippen molar-refractivity contribution in [3.63, 3.8) is 0 Å². The molecule has 1 atom stereocenters. The molecule has 2 amide bonds. The average Bonchev–Trinajstić information content (AvgIpc) is 2.46. The third kappa shape index (κ3) is 2.68. The van der Waals surface area contributed by atoms with Crippen LogP contribution in [0, 0.1) is 0 Å². The molecule has 0 aromatic heterocycles. The highest BCUT2D eigenvalue weighted by Crippen LogP contribution is 2.20. The predicted octanol–water partition coefficient (Wildman–Crippen LogP) is -0.405. The number of nitrogens with zero attached hydrogens (tertiary/aromatic N) is 1. The topological polar surface area (TPSA) is 84.7 Å². The van der Waals surface area contributed by atoms with E-state index in [1.165, 1.54) is 12.0 Å². The molecule has 0 bridgehead atoms. The summed E-state index contributed by atoms with van der Waals surface area (Å²) in [7, 11) is 1.51. The van der Waals surface area contributed by atoms with Gasteiger partial charge in [0.2, 0.25) is 5.91 Å². The molecule has 1 fully saturated rings. The highest BCUT2D eigenvalue weighted by atomic mass is 16.5. The van der Waals surface area contributed by atoms with Crippen LogP contribution in [0.15, 0.2) is 24.3 Å². The van der Waals surface area contributed by atoms with E-state index in [9.17, 15) is 9.59 Å². The normalized spacial score (nSPS) is 19.0. The van der Waals surface area contributed by atoms with E-state index in [2.05, 4.69) is 5.32 Å². The van der Waals surface area contributed by atoms with Gasteiger partial charge >= 0.3 is 0 Å². The van der Waals surface area contributed by atoms with Gasteiger partial charge in [-0.2, -0.15) is 0 Å². The minimum absolute atomic E-state index is 0.234. The molecular formula is C13H17N3O3. The van der Waals surface area contributed by atoms with Crippen LogP contribution in [0.2, 0.25) is 0 Å². The number of piperazine rings is 1. The molecule has 1 saturated heterocycles. The maximum atomic E-state index is 12.5. The molecule has 1 aromatic carbocycles. The van der Waals surface area contributed by atoms with Gasteiger partial charge in [0, 0.05) is 19.6 Å². The lowest BCUT2D eigenvalue weighted by molar-refractivity contribution is -0.122. The Kier molecular flexibility index (Phi) is 4.01. The summed E-state index contributed by atoms with van der Waals surface area (Å²) in [6.45, 7) is 1.48. The fraction of sp³-hybridized carbons (Fsp3) is 0.385. The predicted molar refractivity (Wildman–Crippen MR) is 69.9 cm³/mol. The number of rotatable bonds is 3. The van der Waals surface area contributed by atoms with Crippen LogP contribution in [0.1, 0.15) is 10.4 Å². The summed E-state index contributed by atoms with van der Waals surface area (Å²) in [6.07, 6.45) is 0. The summed E-state index contributed by atoms with van der Waals surface area (Å²) in [6, 6.07) is 6.33. The minimum Gasteiger partial charge on any atom is -0.496 e. The maximum absolute atomic E-state index is 12.5. The van der Waals surface area contributed by atoms with Crippen LogP contribution in [-0.4, -0.2) is 49.5 Å². The van der Waals surface area contributed by atoms with Gasteiger partial charge in [-0.25, -0.2) is 0 Å². The van der Waals surface area contributed by atoms with Crippen molar-refractivity contribution in [3.8, 4) is 5.75 Å². The van der Waals surface area contributed by atoms with Crippen LogP contribution < -0.4 is 15.8 Å². The number of hydrogen-bond acceptors (Lipinski definition) is 4. The summed E-state index contributed by atoms with van der Waals surface area (Å²) in [5.41, 5.74) is 5.78. The first-order valence-corrected chi connectivity index (χ1v) is 6.09. The highest BCUT2D eigenvalue weighted by molar-refractivity contribution is 5.99. The molecule has 0 aliphatic carbocycles. The van der Waals surface area contributed by atoms with Crippen LogP contribution in [0.4, 0.5) is 0 Å². The van der Waals surface area contributed by atoms with Crippen molar-refractivity contribution >= 4 is 11.8 Å². The van der Waals surface area contributed by atoms with E-state index < -0.39 is 11.9 Å². The highest BCUT2D eigenvalue weighted by Gasteiger charge is 2.32. The average molecular weight is 263 g/mol. The van der Waals surface area contributed by atoms with Crippen molar-refractivity contribution in [2.75, 3.05) is 26.7 Å². The van der Waals surface area contributed by atoms with E-state index in [0.29, 0.717) is 30.9 Å². The molecule has 6 nitrogen and oxygen atoms in total. The molecule has 102 valence electrons. The summed E-state index contributed by atoms with van der Waals surface area (Å²) in [5.74, 6) is -0.243. The lowest BCUT2D eigenvalue weighted by Gasteiger charge is -2.34. The van der Waals surface area contributed by atoms with Gasteiger partial charge in [-0.3, -0.25) is 9.59 Å². The summed E-state index contributed by atoms with van der Waals surface area (Å²) in [5, 5.41) is 3.06. The molecule has 0 radical (unpaired) electrons. The third-order valence-corrected chi connectivity index (χ3v) is 3.17.